The normalized spacial score (nSPS) is 13.3. The number of aliphatic hydroxyl groups is 3. The van der Waals surface area contributed by atoms with Gasteiger partial charge < -0.3 is 34.6 Å². The maximum atomic E-state index is 10.8. The summed E-state index contributed by atoms with van der Waals surface area (Å²) in [6.07, 6.45) is 1.21. The summed E-state index contributed by atoms with van der Waals surface area (Å²) in [6, 6.07) is 6.70. The highest BCUT2D eigenvalue weighted by Crippen LogP contribution is 2.37. The summed E-state index contributed by atoms with van der Waals surface area (Å²) >= 11 is 0. The van der Waals surface area contributed by atoms with Crippen molar-refractivity contribution in [3.8, 4) is 23.0 Å². The Kier molecular flexibility index (Phi) is 7.90. The smallest absolute Gasteiger partial charge is 0.164 e. The van der Waals surface area contributed by atoms with Crippen LogP contribution in [0.25, 0.3) is 6.08 Å². The van der Waals surface area contributed by atoms with Gasteiger partial charge in [-0.25, -0.2) is 0 Å². The van der Waals surface area contributed by atoms with E-state index in [1.165, 1.54) is 20.3 Å². The van der Waals surface area contributed by atoms with Gasteiger partial charge in [-0.05, 0) is 60.4 Å². The van der Waals surface area contributed by atoms with Crippen LogP contribution < -0.4 is 14.2 Å². The minimum Gasteiger partial charge on any atom is -0.504 e. The van der Waals surface area contributed by atoms with Gasteiger partial charge in [-0.2, -0.15) is 0 Å². The van der Waals surface area contributed by atoms with E-state index in [1.807, 2.05) is 13.0 Å². The second-order valence-corrected chi connectivity index (χ2v) is 6.63. The van der Waals surface area contributed by atoms with Gasteiger partial charge >= 0.3 is 0 Å². The molecule has 0 saturated carbocycles. The first-order chi connectivity index (χ1) is 13.9. The fourth-order valence-corrected chi connectivity index (χ4v) is 3.02. The van der Waals surface area contributed by atoms with Crippen LogP contribution in [0.15, 0.2) is 30.3 Å². The predicted octanol–water partition coefficient (Wildman–Crippen LogP) is 2.51. The van der Waals surface area contributed by atoms with Gasteiger partial charge in [-0.1, -0.05) is 12.2 Å². The van der Waals surface area contributed by atoms with Crippen molar-refractivity contribution in [2.24, 2.45) is 0 Å². The van der Waals surface area contributed by atoms with Gasteiger partial charge in [0.1, 0.15) is 6.10 Å². The van der Waals surface area contributed by atoms with Crippen LogP contribution in [0.4, 0.5) is 0 Å². The number of aliphatic hydroxyl groups excluding tert-OH is 3. The first kappa shape index (κ1) is 22.5. The van der Waals surface area contributed by atoms with Gasteiger partial charge in [0.05, 0.1) is 27.4 Å². The molecule has 2 aromatic rings. The van der Waals surface area contributed by atoms with Gasteiger partial charge in [0.2, 0.25) is 0 Å². The molecule has 0 aliphatic carbocycles. The molecule has 0 aliphatic rings. The summed E-state index contributed by atoms with van der Waals surface area (Å²) in [4.78, 5) is 0. The molecule has 29 heavy (non-hydrogen) atoms. The summed E-state index contributed by atoms with van der Waals surface area (Å²) in [5.74, 6) is 1.06. The number of ether oxygens (including phenoxy) is 3. The fraction of sp³-hybridized carbons (Fsp3) is 0.364. The molecule has 7 nitrogen and oxygen atoms in total. The molecule has 0 radical (unpaired) electrons. The molecule has 2 rings (SSSR count). The van der Waals surface area contributed by atoms with E-state index in [0.29, 0.717) is 22.6 Å². The van der Waals surface area contributed by atoms with Crippen molar-refractivity contribution >= 4 is 6.08 Å². The van der Waals surface area contributed by atoms with Crippen LogP contribution in [0.1, 0.15) is 28.4 Å². The molecular weight excluding hydrogens is 376 g/mol. The van der Waals surface area contributed by atoms with E-state index < -0.39 is 18.8 Å². The zero-order chi connectivity index (χ0) is 21.6. The fourth-order valence-electron chi connectivity index (χ4n) is 3.02. The Morgan fingerprint density at radius 1 is 0.966 bits per heavy atom. The van der Waals surface area contributed by atoms with E-state index in [-0.39, 0.29) is 18.1 Å². The molecule has 0 aromatic heterocycles. The highest BCUT2D eigenvalue weighted by molar-refractivity contribution is 5.59. The molecule has 0 fully saturated rings. The van der Waals surface area contributed by atoms with Crippen LogP contribution in [0.2, 0.25) is 0 Å². The summed E-state index contributed by atoms with van der Waals surface area (Å²) in [7, 11) is 2.92. The molecule has 2 aromatic carbocycles. The number of aromatic hydroxyl groups is 1. The number of phenolic OH excluding ortho intramolecular Hbond substituents is 1. The summed E-state index contributed by atoms with van der Waals surface area (Å²) < 4.78 is 16.5. The first-order valence-electron chi connectivity index (χ1n) is 9.15. The van der Waals surface area contributed by atoms with Crippen LogP contribution >= 0.6 is 0 Å². The molecule has 0 aliphatic heterocycles. The van der Waals surface area contributed by atoms with Crippen molar-refractivity contribution in [2.75, 3.05) is 27.4 Å². The maximum Gasteiger partial charge on any atom is 0.164 e. The standard InChI is InChI=1S/C22H28O7/c1-13-9-16(11-17(27-3)20(13)25)21(26)19(12-24)29-22-14(2)8-15(6-5-7-23)10-18(22)28-4/h5-6,8-11,19,21,23-26H,7,12H2,1-4H3/b6-5+. The van der Waals surface area contributed by atoms with Crippen molar-refractivity contribution < 1.29 is 34.6 Å². The third kappa shape index (κ3) is 5.20. The molecule has 4 N–H and O–H groups in total. The minimum absolute atomic E-state index is 0.00560. The Morgan fingerprint density at radius 3 is 2.24 bits per heavy atom. The van der Waals surface area contributed by atoms with Gasteiger partial charge in [0.25, 0.3) is 0 Å². The minimum atomic E-state index is -1.17. The van der Waals surface area contributed by atoms with Crippen molar-refractivity contribution in [1.82, 2.24) is 0 Å². The Hall–Kier alpha value is -2.74. The topological polar surface area (TPSA) is 109 Å². The molecule has 2 unspecified atom stereocenters. The maximum absolute atomic E-state index is 10.8. The van der Waals surface area contributed by atoms with Crippen LogP contribution in [0.5, 0.6) is 23.0 Å². The lowest BCUT2D eigenvalue weighted by atomic mass is 10.0. The van der Waals surface area contributed by atoms with Gasteiger partial charge in [-0.15, -0.1) is 0 Å². The Labute approximate surface area is 170 Å². The average Bonchev–Trinajstić information content (AvgIpc) is 2.72. The first-order valence-corrected chi connectivity index (χ1v) is 9.15. The number of hydrogen-bond donors (Lipinski definition) is 4. The number of rotatable bonds is 9. The molecule has 0 spiro atoms. The largest absolute Gasteiger partial charge is 0.504 e. The van der Waals surface area contributed by atoms with Crippen molar-refractivity contribution in [3.05, 3.63) is 52.6 Å². The highest BCUT2D eigenvalue weighted by atomic mass is 16.5. The van der Waals surface area contributed by atoms with Crippen LogP contribution in [0, 0.1) is 13.8 Å². The molecule has 0 amide bonds. The Bertz CT molecular complexity index is 861. The zero-order valence-corrected chi connectivity index (χ0v) is 17.0. The number of aryl methyl sites for hydroxylation is 2. The monoisotopic (exact) mass is 404 g/mol. The molecule has 2 atom stereocenters. The number of phenols is 1. The third-order valence-corrected chi connectivity index (χ3v) is 4.55. The highest BCUT2D eigenvalue weighted by Gasteiger charge is 2.26. The lowest BCUT2D eigenvalue weighted by Crippen LogP contribution is -2.29. The van der Waals surface area contributed by atoms with Gasteiger partial charge in [0.15, 0.2) is 29.1 Å². The van der Waals surface area contributed by atoms with Crippen LogP contribution in [0.3, 0.4) is 0 Å². The quantitative estimate of drug-likeness (QED) is 0.508. The van der Waals surface area contributed by atoms with E-state index in [0.717, 1.165) is 11.1 Å². The van der Waals surface area contributed by atoms with E-state index in [4.69, 9.17) is 19.3 Å². The summed E-state index contributed by atoms with van der Waals surface area (Å²) in [6.45, 7) is 2.99. The van der Waals surface area contributed by atoms with Crippen molar-refractivity contribution in [2.45, 2.75) is 26.1 Å². The van der Waals surface area contributed by atoms with Crippen molar-refractivity contribution in [1.29, 1.82) is 0 Å². The van der Waals surface area contributed by atoms with E-state index in [9.17, 15) is 15.3 Å². The SMILES string of the molecule is COc1cc(C(O)C(CO)Oc2c(C)cc(/C=C/CO)cc2OC)cc(C)c1O. The van der Waals surface area contributed by atoms with E-state index in [1.54, 1.807) is 31.2 Å². The molecular formula is C22H28O7. The average molecular weight is 404 g/mol. The van der Waals surface area contributed by atoms with E-state index >= 15 is 0 Å². The zero-order valence-electron chi connectivity index (χ0n) is 17.0. The summed E-state index contributed by atoms with van der Waals surface area (Å²) in [5, 5.41) is 39.6. The third-order valence-electron chi connectivity index (χ3n) is 4.55. The number of hydrogen-bond acceptors (Lipinski definition) is 7. The van der Waals surface area contributed by atoms with Gasteiger partial charge in [0, 0.05) is 0 Å². The number of benzene rings is 2. The van der Waals surface area contributed by atoms with Crippen molar-refractivity contribution in [3.63, 3.8) is 0 Å². The molecule has 0 saturated heterocycles. The van der Waals surface area contributed by atoms with Crippen LogP contribution in [-0.2, 0) is 0 Å². The molecule has 158 valence electrons. The lowest BCUT2D eigenvalue weighted by Gasteiger charge is -2.25. The second kappa shape index (κ2) is 10.2. The van der Waals surface area contributed by atoms with E-state index in [2.05, 4.69) is 0 Å². The Morgan fingerprint density at radius 2 is 1.66 bits per heavy atom. The Balaban J connectivity index is 2.36. The lowest BCUT2D eigenvalue weighted by molar-refractivity contribution is -0.000889. The molecule has 7 heteroatoms. The van der Waals surface area contributed by atoms with Crippen LogP contribution in [-0.4, -0.2) is 54.0 Å². The second-order valence-electron chi connectivity index (χ2n) is 6.63. The summed E-state index contributed by atoms with van der Waals surface area (Å²) in [5.41, 5.74) is 2.53. The molecule has 0 heterocycles. The molecule has 0 bridgehead atoms. The predicted molar refractivity (Wildman–Crippen MR) is 110 cm³/mol. The van der Waals surface area contributed by atoms with Gasteiger partial charge in [-0.3, -0.25) is 0 Å². The number of methoxy groups -OCH3 is 2.